The van der Waals surface area contributed by atoms with E-state index in [4.69, 9.17) is 0 Å². The Bertz CT molecular complexity index is 385. The normalized spacial score (nSPS) is 16.9. The third-order valence-electron chi connectivity index (χ3n) is 3.10. The molecule has 0 bridgehead atoms. The first kappa shape index (κ1) is 12.4. The lowest BCUT2D eigenvalue weighted by atomic mass is 10.1. The van der Waals surface area contributed by atoms with Crippen molar-refractivity contribution in [3.63, 3.8) is 0 Å². The molecule has 1 aliphatic rings. The molecule has 0 unspecified atom stereocenters. The van der Waals surface area contributed by atoms with Crippen molar-refractivity contribution in [2.45, 2.75) is 25.8 Å². The second kappa shape index (κ2) is 5.54. The van der Waals surface area contributed by atoms with Gasteiger partial charge in [-0.3, -0.25) is 0 Å². The van der Waals surface area contributed by atoms with Gasteiger partial charge in [0.15, 0.2) is 0 Å². The average molecular weight is 297 g/mol. The summed E-state index contributed by atoms with van der Waals surface area (Å²) in [5.74, 6) is 0. The number of nitrogens with zero attached hydrogens (tertiary/aromatic N) is 1. The fourth-order valence-corrected chi connectivity index (χ4v) is 2.30. The summed E-state index contributed by atoms with van der Waals surface area (Å²) < 4.78 is 1.05. The van der Waals surface area contributed by atoms with Gasteiger partial charge in [-0.2, -0.15) is 0 Å². The van der Waals surface area contributed by atoms with Gasteiger partial charge in [0.05, 0.1) is 6.04 Å². The number of likely N-dealkylation sites (tertiary alicyclic amines) is 1. The molecule has 1 N–H and O–H groups in total. The molecule has 0 spiro atoms. The number of nitrogens with one attached hydrogen (secondary N) is 1. The van der Waals surface area contributed by atoms with Crippen molar-refractivity contribution in [3.8, 4) is 0 Å². The summed E-state index contributed by atoms with van der Waals surface area (Å²) in [6.45, 7) is 3.79. The Labute approximate surface area is 110 Å². The molecule has 2 rings (SSSR count). The maximum atomic E-state index is 11.9. The van der Waals surface area contributed by atoms with Gasteiger partial charge in [0, 0.05) is 17.6 Å². The first-order valence-corrected chi connectivity index (χ1v) is 6.77. The SMILES string of the molecule is C[C@H](NC(=O)N1CCCC1)c1ccc(Br)cc1. The standard InChI is InChI=1S/C13H17BrN2O/c1-10(11-4-6-12(14)7-5-11)15-13(17)16-8-2-3-9-16/h4-7,10H,2-3,8-9H2,1H3,(H,15,17)/t10-/m0/s1. The van der Waals surface area contributed by atoms with Crippen LogP contribution in [0.4, 0.5) is 4.79 Å². The number of benzene rings is 1. The molecule has 4 heteroatoms. The number of halogens is 1. The summed E-state index contributed by atoms with van der Waals surface area (Å²) in [4.78, 5) is 13.8. The number of carbonyl (C=O) groups is 1. The van der Waals surface area contributed by atoms with E-state index in [0.29, 0.717) is 0 Å². The molecule has 0 saturated carbocycles. The van der Waals surface area contributed by atoms with Gasteiger partial charge < -0.3 is 10.2 Å². The maximum Gasteiger partial charge on any atom is 0.317 e. The average Bonchev–Trinajstić information content (AvgIpc) is 2.83. The van der Waals surface area contributed by atoms with Gasteiger partial charge in [-0.1, -0.05) is 28.1 Å². The number of amides is 2. The summed E-state index contributed by atoms with van der Waals surface area (Å²) in [6.07, 6.45) is 2.25. The number of carbonyl (C=O) groups excluding carboxylic acids is 1. The van der Waals surface area contributed by atoms with Crippen molar-refractivity contribution in [1.82, 2.24) is 10.2 Å². The van der Waals surface area contributed by atoms with Crippen molar-refractivity contribution in [2.75, 3.05) is 13.1 Å². The molecule has 2 amide bonds. The number of hydrogen-bond acceptors (Lipinski definition) is 1. The van der Waals surface area contributed by atoms with E-state index in [1.54, 1.807) is 0 Å². The number of hydrogen-bond donors (Lipinski definition) is 1. The van der Waals surface area contributed by atoms with E-state index in [-0.39, 0.29) is 12.1 Å². The third-order valence-corrected chi connectivity index (χ3v) is 3.63. The smallest absolute Gasteiger partial charge is 0.317 e. The highest BCUT2D eigenvalue weighted by Gasteiger charge is 2.19. The molecule has 92 valence electrons. The quantitative estimate of drug-likeness (QED) is 0.892. The Morgan fingerprint density at radius 1 is 1.29 bits per heavy atom. The van der Waals surface area contributed by atoms with Crippen LogP contribution in [0.15, 0.2) is 28.7 Å². The van der Waals surface area contributed by atoms with Crippen molar-refractivity contribution < 1.29 is 4.79 Å². The van der Waals surface area contributed by atoms with Crippen LogP contribution in [0.2, 0.25) is 0 Å². The molecule has 1 aromatic carbocycles. The van der Waals surface area contributed by atoms with Gasteiger partial charge in [0.25, 0.3) is 0 Å². The maximum absolute atomic E-state index is 11.9. The van der Waals surface area contributed by atoms with E-state index < -0.39 is 0 Å². The monoisotopic (exact) mass is 296 g/mol. The highest BCUT2D eigenvalue weighted by Crippen LogP contribution is 2.17. The lowest BCUT2D eigenvalue weighted by molar-refractivity contribution is 0.205. The minimum atomic E-state index is 0.0520. The van der Waals surface area contributed by atoms with E-state index in [0.717, 1.165) is 36.0 Å². The molecular weight excluding hydrogens is 280 g/mol. The van der Waals surface area contributed by atoms with Gasteiger partial charge in [0.1, 0.15) is 0 Å². The summed E-state index contributed by atoms with van der Waals surface area (Å²) in [6, 6.07) is 8.15. The van der Waals surface area contributed by atoms with Gasteiger partial charge >= 0.3 is 6.03 Å². The highest BCUT2D eigenvalue weighted by atomic mass is 79.9. The lowest BCUT2D eigenvalue weighted by Gasteiger charge is -2.20. The Kier molecular flexibility index (Phi) is 4.05. The topological polar surface area (TPSA) is 32.3 Å². The zero-order valence-corrected chi connectivity index (χ0v) is 11.5. The fraction of sp³-hybridized carbons (Fsp3) is 0.462. The van der Waals surface area contributed by atoms with Gasteiger partial charge in [-0.25, -0.2) is 4.79 Å². The molecule has 1 aliphatic heterocycles. The van der Waals surface area contributed by atoms with Crippen LogP contribution < -0.4 is 5.32 Å². The van der Waals surface area contributed by atoms with Crippen LogP contribution in [0, 0.1) is 0 Å². The van der Waals surface area contributed by atoms with Crippen LogP contribution in [0.5, 0.6) is 0 Å². The minimum absolute atomic E-state index is 0.0520. The van der Waals surface area contributed by atoms with Crippen LogP contribution in [0.3, 0.4) is 0 Å². The number of rotatable bonds is 2. The van der Waals surface area contributed by atoms with Gasteiger partial charge in [-0.15, -0.1) is 0 Å². The summed E-state index contributed by atoms with van der Waals surface area (Å²) >= 11 is 3.40. The second-order valence-electron chi connectivity index (χ2n) is 4.42. The van der Waals surface area contributed by atoms with Crippen LogP contribution in [-0.2, 0) is 0 Å². The van der Waals surface area contributed by atoms with E-state index in [1.807, 2.05) is 36.1 Å². The fourth-order valence-electron chi connectivity index (χ4n) is 2.03. The molecule has 3 nitrogen and oxygen atoms in total. The largest absolute Gasteiger partial charge is 0.331 e. The molecule has 1 atom stereocenters. The molecule has 1 fully saturated rings. The van der Waals surface area contributed by atoms with E-state index in [9.17, 15) is 4.79 Å². The van der Waals surface area contributed by atoms with Crippen molar-refractivity contribution in [3.05, 3.63) is 34.3 Å². The summed E-state index contributed by atoms with van der Waals surface area (Å²) in [5.41, 5.74) is 1.13. The molecule has 0 radical (unpaired) electrons. The van der Waals surface area contributed by atoms with E-state index >= 15 is 0 Å². The minimum Gasteiger partial charge on any atom is -0.331 e. The van der Waals surface area contributed by atoms with Crippen molar-refractivity contribution >= 4 is 22.0 Å². The van der Waals surface area contributed by atoms with Crippen LogP contribution in [0.1, 0.15) is 31.4 Å². The lowest BCUT2D eigenvalue weighted by Crippen LogP contribution is -2.39. The molecule has 0 aromatic heterocycles. The Hall–Kier alpha value is -1.03. The molecular formula is C13H17BrN2O. The zero-order chi connectivity index (χ0) is 12.3. The number of urea groups is 1. The Balaban J connectivity index is 1.93. The van der Waals surface area contributed by atoms with Crippen LogP contribution in [0.25, 0.3) is 0 Å². The van der Waals surface area contributed by atoms with E-state index in [2.05, 4.69) is 21.2 Å². The predicted octanol–water partition coefficient (Wildman–Crippen LogP) is 3.32. The van der Waals surface area contributed by atoms with E-state index in [1.165, 1.54) is 0 Å². The predicted molar refractivity (Wildman–Crippen MR) is 71.9 cm³/mol. The molecule has 17 heavy (non-hydrogen) atoms. The highest BCUT2D eigenvalue weighted by molar-refractivity contribution is 9.10. The Morgan fingerprint density at radius 3 is 2.47 bits per heavy atom. The first-order chi connectivity index (χ1) is 8.16. The molecule has 1 heterocycles. The third kappa shape index (κ3) is 3.22. The first-order valence-electron chi connectivity index (χ1n) is 5.98. The van der Waals surface area contributed by atoms with Gasteiger partial charge in [0.2, 0.25) is 0 Å². The second-order valence-corrected chi connectivity index (χ2v) is 5.33. The van der Waals surface area contributed by atoms with Gasteiger partial charge in [-0.05, 0) is 37.5 Å². The van der Waals surface area contributed by atoms with Crippen LogP contribution >= 0.6 is 15.9 Å². The van der Waals surface area contributed by atoms with Crippen LogP contribution in [-0.4, -0.2) is 24.0 Å². The molecule has 1 saturated heterocycles. The molecule has 0 aliphatic carbocycles. The molecule has 1 aromatic rings. The Morgan fingerprint density at radius 2 is 1.88 bits per heavy atom. The summed E-state index contributed by atoms with van der Waals surface area (Å²) in [5, 5.41) is 3.03. The summed E-state index contributed by atoms with van der Waals surface area (Å²) in [7, 11) is 0. The van der Waals surface area contributed by atoms with Crippen molar-refractivity contribution in [1.29, 1.82) is 0 Å². The van der Waals surface area contributed by atoms with Crippen molar-refractivity contribution in [2.24, 2.45) is 0 Å². The zero-order valence-electron chi connectivity index (χ0n) is 9.95.